The summed E-state index contributed by atoms with van der Waals surface area (Å²) in [5, 5.41) is 3.47. The lowest BCUT2D eigenvalue weighted by molar-refractivity contribution is 0.328. The van der Waals surface area contributed by atoms with Crippen molar-refractivity contribution in [3.05, 3.63) is 12.3 Å². The molecule has 0 radical (unpaired) electrons. The third kappa shape index (κ3) is 2.76. The van der Waals surface area contributed by atoms with Crippen molar-refractivity contribution in [1.29, 1.82) is 0 Å². The largest absolute Gasteiger partial charge is 0.386 e. The Hall–Kier alpha value is -0.460. The van der Waals surface area contributed by atoms with Gasteiger partial charge < -0.3 is 5.32 Å². The maximum atomic E-state index is 4.16. The van der Waals surface area contributed by atoms with E-state index in [9.17, 15) is 0 Å². The van der Waals surface area contributed by atoms with E-state index < -0.39 is 0 Å². The van der Waals surface area contributed by atoms with Gasteiger partial charge in [0, 0.05) is 17.7 Å². The zero-order valence-corrected chi connectivity index (χ0v) is 9.97. The second-order valence-corrected chi connectivity index (χ2v) is 4.75. The topological polar surface area (TPSA) is 12.0 Å². The van der Waals surface area contributed by atoms with Crippen LogP contribution in [0.4, 0.5) is 0 Å². The Kier molecular flexibility index (Phi) is 4.50. The Labute approximate surface area is 89.0 Å². The first-order valence-corrected chi connectivity index (χ1v) is 6.14. The van der Waals surface area contributed by atoms with E-state index >= 15 is 0 Å². The molecule has 1 fully saturated rings. The highest BCUT2D eigenvalue weighted by atomic mass is 15.0. The molecule has 1 heterocycles. The zero-order valence-electron chi connectivity index (χ0n) is 9.97. The fourth-order valence-electron chi connectivity index (χ4n) is 2.77. The zero-order chi connectivity index (χ0) is 10.6. The minimum atomic E-state index is 0.642. The normalized spacial score (nSPS) is 27.0. The molecule has 0 aliphatic carbocycles. The summed E-state index contributed by atoms with van der Waals surface area (Å²) in [4.78, 5) is 0. The van der Waals surface area contributed by atoms with Crippen LogP contribution in [0.2, 0.25) is 0 Å². The Morgan fingerprint density at radius 2 is 1.93 bits per heavy atom. The third-order valence-electron chi connectivity index (χ3n) is 3.37. The Bertz CT molecular complexity index is 180. The monoisotopic (exact) mass is 195 g/mol. The van der Waals surface area contributed by atoms with Crippen molar-refractivity contribution >= 4 is 0 Å². The van der Waals surface area contributed by atoms with E-state index in [1.165, 1.54) is 37.8 Å². The lowest BCUT2D eigenvalue weighted by atomic mass is 9.82. The number of hydrogen-bond donors (Lipinski definition) is 1. The molecule has 0 aromatic rings. The van der Waals surface area contributed by atoms with Crippen molar-refractivity contribution in [2.75, 3.05) is 0 Å². The molecule has 1 aliphatic rings. The molecule has 0 bridgehead atoms. The van der Waals surface area contributed by atoms with E-state index in [0.29, 0.717) is 6.04 Å². The first-order valence-electron chi connectivity index (χ1n) is 6.14. The molecule has 0 aromatic heterocycles. The molecule has 1 nitrogen and oxygen atoms in total. The maximum absolute atomic E-state index is 4.16. The molecule has 1 heteroatoms. The van der Waals surface area contributed by atoms with Crippen molar-refractivity contribution in [3.8, 4) is 0 Å². The summed E-state index contributed by atoms with van der Waals surface area (Å²) in [6.07, 6.45) is 6.65. The fraction of sp³-hybridized carbons (Fsp3) is 0.846. The van der Waals surface area contributed by atoms with E-state index in [1.807, 2.05) is 0 Å². The molecular formula is C13H25N. The van der Waals surface area contributed by atoms with Gasteiger partial charge in [-0.1, -0.05) is 46.1 Å². The first kappa shape index (κ1) is 11.6. The smallest absolute Gasteiger partial charge is 0.0236 e. The van der Waals surface area contributed by atoms with Gasteiger partial charge in [-0.15, -0.1) is 0 Å². The standard InChI is InChI=1S/C13H25N/c1-5-7-12(8-6-2)13-9-10(3)14-11(13)4/h10,12-14H,4-9H2,1-3H3. The van der Waals surface area contributed by atoms with Gasteiger partial charge in [-0.3, -0.25) is 0 Å². The highest BCUT2D eigenvalue weighted by molar-refractivity contribution is 5.08. The molecule has 0 saturated carbocycles. The fourth-order valence-corrected chi connectivity index (χ4v) is 2.77. The van der Waals surface area contributed by atoms with Gasteiger partial charge in [0.05, 0.1) is 0 Å². The Morgan fingerprint density at radius 1 is 1.36 bits per heavy atom. The number of rotatable bonds is 5. The summed E-state index contributed by atoms with van der Waals surface area (Å²) < 4.78 is 0. The first-order chi connectivity index (χ1) is 6.69. The second-order valence-electron chi connectivity index (χ2n) is 4.75. The summed E-state index contributed by atoms with van der Waals surface area (Å²) in [7, 11) is 0. The minimum absolute atomic E-state index is 0.642. The van der Waals surface area contributed by atoms with E-state index in [4.69, 9.17) is 0 Å². The molecule has 1 N–H and O–H groups in total. The van der Waals surface area contributed by atoms with Crippen LogP contribution in [0.5, 0.6) is 0 Å². The summed E-state index contributed by atoms with van der Waals surface area (Å²) in [6.45, 7) is 11.0. The van der Waals surface area contributed by atoms with Crippen LogP contribution in [-0.2, 0) is 0 Å². The molecule has 1 saturated heterocycles. The van der Waals surface area contributed by atoms with E-state index in [1.54, 1.807) is 0 Å². The van der Waals surface area contributed by atoms with Gasteiger partial charge in [0.1, 0.15) is 0 Å². The Balaban J connectivity index is 2.53. The summed E-state index contributed by atoms with van der Waals surface area (Å²) >= 11 is 0. The van der Waals surface area contributed by atoms with Crippen LogP contribution in [-0.4, -0.2) is 6.04 Å². The quantitative estimate of drug-likeness (QED) is 0.705. The molecule has 0 aromatic carbocycles. The number of nitrogens with one attached hydrogen (secondary N) is 1. The van der Waals surface area contributed by atoms with Gasteiger partial charge in [-0.25, -0.2) is 0 Å². The molecule has 14 heavy (non-hydrogen) atoms. The molecular weight excluding hydrogens is 170 g/mol. The molecule has 2 atom stereocenters. The van der Waals surface area contributed by atoms with Crippen LogP contribution < -0.4 is 5.32 Å². The van der Waals surface area contributed by atoms with Crippen molar-refractivity contribution in [3.63, 3.8) is 0 Å². The highest BCUT2D eigenvalue weighted by Crippen LogP contribution is 2.34. The van der Waals surface area contributed by atoms with Crippen molar-refractivity contribution in [1.82, 2.24) is 5.32 Å². The van der Waals surface area contributed by atoms with Gasteiger partial charge in [0.25, 0.3) is 0 Å². The van der Waals surface area contributed by atoms with Gasteiger partial charge >= 0.3 is 0 Å². The lowest BCUT2D eigenvalue weighted by Crippen LogP contribution is -2.16. The average molecular weight is 195 g/mol. The van der Waals surface area contributed by atoms with Gasteiger partial charge in [0.2, 0.25) is 0 Å². The number of allylic oxidation sites excluding steroid dienone is 1. The Morgan fingerprint density at radius 3 is 2.29 bits per heavy atom. The van der Waals surface area contributed by atoms with Gasteiger partial charge in [-0.2, -0.15) is 0 Å². The number of hydrogen-bond acceptors (Lipinski definition) is 1. The van der Waals surface area contributed by atoms with E-state index in [2.05, 4.69) is 32.7 Å². The molecule has 0 amide bonds. The molecule has 1 aliphatic heterocycles. The molecule has 82 valence electrons. The minimum Gasteiger partial charge on any atom is -0.386 e. The van der Waals surface area contributed by atoms with Crippen molar-refractivity contribution in [2.24, 2.45) is 11.8 Å². The van der Waals surface area contributed by atoms with E-state index in [0.717, 1.165) is 11.8 Å². The lowest BCUT2D eigenvalue weighted by Gasteiger charge is -2.22. The summed E-state index contributed by atoms with van der Waals surface area (Å²) in [5.41, 5.74) is 1.30. The average Bonchev–Trinajstić information content (AvgIpc) is 2.45. The maximum Gasteiger partial charge on any atom is 0.0236 e. The van der Waals surface area contributed by atoms with Crippen molar-refractivity contribution in [2.45, 2.75) is 58.9 Å². The van der Waals surface area contributed by atoms with Crippen molar-refractivity contribution < 1.29 is 0 Å². The highest BCUT2D eigenvalue weighted by Gasteiger charge is 2.30. The van der Waals surface area contributed by atoms with E-state index in [-0.39, 0.29) is 0 Å². The molecule has 2 unspecified atom stereocenters. The van der Waals surface area contributed by atoms with Crippen LogP contribution in [0.25, 0.3) is 0 Å². The SMILES string of the molecule is C=C1NC(C)CC1C(CCC)CCC. The van der Waals surface area contributed by atoms with Crippen LogP contribution in [0.3, 0.4) is 0 Å². The molecule has 0 spiro atoms. The van der Waals surface area contributed by atoms with Crippen LogP contribution in [0, 0.1) is 11.8 Å². The van der Waals surface area contributed by atoms with Gasteiger partial charge in [-0.05, 0) is 19.3 Å². The van der Waals surface area contributed by atoms with Crippen LogP contribution in [0.1, 0.15) is 52.9 Å². The second kappa shape index (κ2) is 5.43. The van der Waals surface area contributed by atoms with Crippen LogP contribution in [0.15, 0.2) is 12.3 Å². The third-order valence-corrected chi connectivity index (χ3v) is 3.37. The summed E-state index contributed by atoms with van der Waals surface area (Å²) in [6, 6.07) is 0.642. The molecule has 1 rings (SSSR count). The van der Waals surface area contributed by atoms with Gasteiger partial charge in [0.15, 0.2) is 0 Å². The van der Waals surface area contributed by atoms with Crippen LogP contribution >= 0.6 is 0 Å². The predicted molar refractivity (Wildman–Crippen MR) is 63.2 cm³/mol. The predicted octanol–water partition coefficient (Wildman–Crippen LogP) is 3.71. The summed E-state index contributed by atoms with van der Waals surface area (Å²) in [5.74, 6) is 1.61.